The summed E-state index contributed by atoms with van der Waals surface area (Å²) in [4.78, 5) is 21.5. The molecule has 0 bridgehead atoms. The first kappa shape index (κ1) is 11.9. The summed E-state index contributed by atoms with van der Waals surface area (Å²) in [5, 5.41) is 2.93. The average Bonchev–Trinajstić information content (AvgIpc) is 2.75. The first-order chi connectivity index (χ1) is 8.11. The molecule has 2 heterocycles. The van der Waals surface area contributed by atoms with Gasteiger partial charge in [-0.25, -0.2) is 4.98 Å². The van der Waals surface area contributed by atoms with Gasteiger partial charge in [-0.15, -0.1) is 0 Å². The van der Waals surface area contributed by atoms with E-state index in [0.717, 1.165) is 19.4 Å². The van der Waals surface area contributed by atoms with E-state index >= 15 is 0 Å². The molecule has 0 saturated carbocycles. The molecule has 1 aromatic rings. The number of aromatic nitrogens is 2. The Hall–Kier alpha value is -1.56. The SMILES string of the molecule is CNC(=O)C1CCCN1c1cc(Cl)nc(N)n1. The fourth-order valence-electron chi connectivity index (χ4n) is 2.05. The summed E-state index contributed by atoms with van der Waals surface area (Å²) in [6.07, 6.45) is 1.75. The zero-order valence-electron chi connectivity index (χ0n) is 9.48. The number of likely N-dealkylation sites (N-methyl/N-ethyl adjacent to an activating group) is 1. The normalized spacial score (nSPS) is 19.4. The minimum absolute atomic E-state index is 0.0178. The topological polar surface area (TPSA) is 84.1 Å². The fourth-order valence-corrected chi connectivity index (χ4v) is 2.23. The minimum atomic E-state index is -0.203. The van der Waals surface area contributed by atoms with E-state index in [-0.39, 0.29) is 23.1 Å². The number of nitrogen functional groups attached to an aromatic ring is 1. The van der Waals surface area contributed by atoms with Gasteiger partial charge >= 0.3 is 0 Å². The van der Waals surface area contributed by atoms with Crippen molar-refractivity contribution in [2.24, 2.45) is 0 Å². The molecule has 1 amide bonds. The largest absolute Gasteiger partial charge is 0.368 e. The van der Waals surface area contributed by atoms with Gasteiger partial charge in [-0.05, 0) is 12.8 Å². The summed E-state index contributed by atoms with van der Waals surface area (Å²) in [6, 6.07) is 1.42. The Morgan fingerprint density at radius 1 is 1.65 bits per heavy atom. The van der Waals surface area contributed by atoms with Crippen LogP contribution in [0.3, 0.4) is 0 Å². The van der Waals surface area contributed by atoms with Crippen molar-refractivity contribution < 1.29 is 4.79 Å². The average molecular weight is 256 g/mol. The van der Waals surface area contributed by atoms with Crippen molar-refractivity contribution in [3.63, 3.8) is 0 Å². The van der Waals surface area contributed by atoms with Gasteiger partial charge in [0.25, 0.3) is 0 Å². The summed E-state index contributed by atoms with van der Waals surface area (Å²) in [7, 11) is 1.63. The zero-order chi connectivity index (χ0) is 12.4. The van der Waals surface area contributed by atoms with Crippen LogP contribution in [0.25, 0.3) is 0 Å². The molecular formula is C10H14ClN5O. The van der Waals surface area contributed by atoms with Crippen molar-refractivity contribution in [3.8, 4) is 0 Å². The molecule has 1 aliphatic rings. The molecule has 0 spiro atoms. The van der Waals surface area contributed by atoms with Crippen LogP contribution in [0.5, 0.6) is 0 Å². The number of anilines is 2. The van der Waals surface area contributed by atoms with E-state index in [2.05, 4.69) is 15.3 Å². The molecule has 1 fully saturated rings. The number of rotatable bonds is 2. The third-order valence-electron chi connectivity index (χ3n) is 2.79. The second-order valence-electron chi connectivity index (χ2n) is 3.87. The van der Waals surface area contributed by atoms with Crippen molar-refractivity contribution in [2.45, 2.75) is 18.9 Å². The second kappa shape index (κ2) is 4.75. The molecule has 0 aromatic carbocycles. The van der Waals surface area contributed by atoms with Crippen molar-refractivity contribution in [3.05, 3.63) is 11.2 Å². The lowest BCUT2D eigenvalue weighted by Crippen LogP contribution is -2.42. The van der Waals surface area contributed by atoms with Crippen LogP contribution in [0.15, 0.2) is 6.07 Å². The summed E-state index contributed by atoms with van der Waals surface area (Å²) in [5.74, 6) is 0.708. The molecule has 6 nitrogen and oxygen atoms in total. The summed E-state index contributed by atoms with van der Waals surface area (Å²) in [6.45, 7) is 0.769. The lowest BCUT2D eigenvalue weighted by atomic mass is 10.2. The van der Waals surface area contributed by atoms with Crippen molar-refractivity contribution in [1.29, 1.82) is 0 Å². The molecule has 0 aliphatic carbocycles. The van der Waals surface area contributed by atoms with Gasteiger partial charge in [-0.2, -0.15) is 4.98 Å². The number of amides is 1. The van der Waals surface area contributed by atoms with Gasteiger partial charge in [-0.3, -0.25) is 4.79 Å². The number of halogens is 1. The van der Waals surface area contributed by atoms with Crippen LogP contribution in [0, 0.1) is 0 Å². The van der Waals surface area contributed by atoms with E-state index in [0.29, 0.717) is 5.82 Å². The number of nitrogens with one attached hydrogen (secondary N) is 1. The number of hydrogen-bond donors (Lipinski definition) is 2. The molecule has 7 heteroatoms. The maximum Gasteiger partial charge on any atom is 0.242 e. The number of hydrogen-bond acceptors (Lipinski definition) is 5. The molecular weight excluding hydrogens is 242 g/mol. The quantitative estimate of drug-likeness (QED) is 0.749. The van der Waals surface area contributed by atoms with E-state index in [1.807, 2.05) is 4.90 Å². The van der Waals surface area contributed by atoms with Crippen LogP contribution in [0.4, 0.5) is 11.8 Å². The first-order valence-corrected chi connectivity index (χ1v) is 5.78. The summed E-state index contributed by atoms with van der Waals surface area (Å²) < 4.78 is 0. The molecule has 1 aliphatic heterocycles. The summed E-state index contributed by atoms with van der Waals surface area (Å²) >= 11 is 5.83. The standard InChI is InChI=1S/C10H14ClN5O/c1-13-9(17)6-3-2-4-16(6)8-5-7(11)14-10(12)15-8/h5-6H,2-4H2,1H3,(H,13,17)(H2,12,14,15). The Morgan fingerprint density at radius 3 is 3.06 bits per heavy atom. The Labute approximate surface area is 104 Å². The molecule has 1 saturated heterocycles. The monoisotopic (exact) mass is 255 g/mol. The van der Waals surface area contributed by atoms with Crippen LogP contribution >= 0.6 is 11.6 Å². The number of carbonyl (C=O) groups excluding carboxylic acids is 1. The van der Waals surface area contributed by atoms with Gasteiger partial charge < -0.3 is 16.0 Å². The molecule has 3 N–H and O–H groups in total. The highest BCUT2D eigenvalue weighted by Gasteiger charge is 2.31. The van der Waals surface area contributed by atoms with Gasteiger partial charge in [0.1, 0.15) is 17.0 Å². The zero-order valence-corrected chi connectivity index (χ0v) is 10.2. The highest BCUT2D eigenvalue weighted by atomic mass is 35.5. The molecule has 1 atom stereocenters. The van der Waals surface area contributed by atoms with E-state index in [9.17, 15) is 4.79 Å². The van der Waals surface area contributed by atoms with Crippen LogP contribution in [-0.4, -0.2) is 35.5 Å². The molecule has 1 aromatic heterocycles. The molecule has 0 radical (unpaired) electrons. The van der Waals surface area contributed by atoms with Gasteiger partial charge in [0.05, 0.1) is 0 Å². The first-order valence-electron chi connectivity index (χ1n) is 5.40. The van der Waals surface area contributed by atoms with Gasteiger partial charge in [0, 0.05) is 19.7 Å². The predicted octanol–water partition coefficient (Wildman–Crippen LogP) is 0.427. The van der Waals surface area contributed by atoms with Crippen molar-refractivity contribution in [2.75, 3.05) is 24.2 Å². The Balaban J connectivity index is 2.28. The number of nitrogens with two attached hydrogens (primary N) is 1. The van der Waals surface area contributed by atoms with Gasteiger partial charge in [0.15, 0.2) is 0 Å². The van der Waals surface area contributed by atoms with E-state index in [4.69, 9.17) is 17.3 Å². The minimum Gasteiger partial charge on any atom is -0.368 e. The highest BCUT2D eigenvalue weighted by Crippen LogP contribution is 2.26. The molecule has 17 heavy (non-hydrogen) atoms. The number of nitrogens with zero attached hydrogens (tertiary/aromatic N) is 3. The maximum absolute atomic E-state index is 11.7. The lowest BCUT2D eigenvalue weighted by Gasteiger charge is -2.24. The smallest absolute Gasteiger partial charge is 0.242 e. The van der Waals surface area contributed by atoms with Crippen LogP contribution in [-0.2, 0) is 4.79 Å². The maximum atomic E-state index is 11.7. The highest BCUT2D eigenvalue weighted by molar-refractivity contribution is 6.29. The van der Waals surface area contributed by atoms with Crippen LogP contribution < -0.4 is 16.0 Å². The van der Waals surface area contributed by atoms with Crippen molar-refractivity contribution >= 4 is 29.3 Å². The fraction of sp³-hybridized carbons (Fsp3) is 0.500. The van der Waals surface area contributed by atoms with Gasteiger partial charge in [-0.1, -0.05) is 11.6 Å². The Kier molecular flexibility index (Phi) is 3.33. The molecule has 92 valence electrons. The Morgan fingerprint density at radius 2 is 2.41 bits per heavy atom. The van der Waals surface area contributed by atoms with Crippen LogP contribution in [0.1, 0.15) is 12.8 Å². The third kappa shape index (κ3) is 2.41. The molecule has 1 unspecified atom stereocenters. The third-order valence-corrected chi connectivity index (χ3v) is 2.99. The second-order valence-corrected chi connectivity index (χ2v) is 4.26. The van der Waals surface area contributed by atoms with E-state index in [1.54, 1.807) is 13.1 Å². The van der Waals surface area contributed by atoms with Gasteiger partial charge in [0.2, 0.25) is 11.9 Å². The van der Waals surface area contributed by atoms with E-state index in [1.165, 1.54) is 0 Å². The Bertz CT molecular complexity index is 418. The predicted molar refractivity (Wildman–Crippen MR) is 65.9 cm³/mol. The van der Waals surface area contributed by atoms with Crippen LogP contribution in [0.2, 0.25) is 5.15 Å². The van der Waals surface area contributed by atoms with Crippen molar-refractivity contribution in [1.82, 2.24) is 15.3 Å². The number of carbonyl (C=O) groups is 1. The van der Waals surface area contributed by atoms with E-state index < -0.39 is 0 Å². The molecule has 2 rings (SSSR count). The lowest BCUT2D eigenvalue weighted by molar-refractivity contribution is -0.121. The summed E-state index contributed by atoms with van der Waals surface area (Å²) in [5.41, 5.74) is 5.55.